The number of benzene rings is 2. The van der Waals surface area contributed by atoms with Crippen LogP contribution in [-0.2, 0) is 0 Å². The van der Waals surface area contributed by atoms with Gasteiger partial charge >= 0.3 is 0 Å². The number of hydrogen-bond donors (Lipinski definition) is 1. The Bertz CT molecular complexity index is 820. The Hall–Kier alpha value is -1.72. The van der Waals surface area contributed by atoms with Gasteiger partial charge in [-0.3, -0.25) is 4.79 Å². The molecule has 3 rings (SSSR count). The Balaban J connectivity index is 1.69. The maximum atomic E-state index is 12.5. The van der Waals surface area contributed by atoms with E-state index in [9.17, 15) is 4.79 Å². The number of halogens is 2. The van der Waals surface area contributed by atoms with Crippen LogP contribution in [0, 0.1) is 5.92 Å². The third kappa shape index (κ3) is 4.96. The maximum absolute atomic E-state index is 12.5. The van der Waals surface area contributed by atoms with E-state index in [2.05, 4.69) is 33.1 Å². The van der Waals surface area contributed by atoms with E-state index >= 15 is 0 Å². The van der Waals surface area contributed by atoms with Crippen LogP contribution in [0.2, 0.25) is 5.02 Å². The minimum absolute atomic E-state index is 0.186. The second kappa shape index (κ2) is 8.98. The predicted octanol–water partition coefficient (Wildman–Crippen LogP) is 5.99. The highest BCUT2D eigenvalue weighted by Gasteiger charge is 2.18. The molecule has 1 saturated heterocycles. The van der Waals surface area contributed by atoms with Crippen LogP contribution in [0.15, 0.2) is 40.9 Å². The molecule has 1 N–H and O–H groups in total. The number of piperidine rings is 1. The zero-order valence-electron chi connectivity index (χ0n) is 15.6. The first-order valence-electron chi connectivity index (χ1n) is 9.26. The number of rotatable bonds is 5. The van der Waals surface area contributed by atoms with Gasteiger partial charge in [-0.25, -0.2) is 0 Å². The lowest BCUT2D eigenvalue weighted by Crippen LogP contribution is -2.32. The second-order valence-corrected chi connectivity index (χ2v) is 8.13. The molecular formula is C21H24BrClN2O2. The molecule has 1 aliphatic rings. The van der Waals surface area contributed by atoms with Crippen molar-refractivity contribution in [3.63, 3.8) is 0 Å². The Morgan fingerprint density at radius 3 is 2.63 bits per heavy atom. The van der Waals surface area contributed by atoms with E-state index in [1.54, 1.807) is 18.2 Å². The third-order valence-electron chi connectivity index (χ3n) is 4.82. The Morgan fingerprint density at radius 1 is 1.26 bits per heavy atom. The number of amides is 1. The first kappa shape index (κ1) is 20.0. The molecule has 0 radical (unpaired) electrons. The monoisotopic (exact) mass is 450 g/mol. The number of carbonyl (C=O) groups excluding carboxylic acids is 1. The molecule has 1 aliphatic heterocycles. The highest BCUT2D eigenvalue weighted by atomic mass is 79.9. The van der Waals surface area contributed by atoms with Gasteiger partial charge in [0.2, 0.25) is 0 Å². The number of nitrogens with one attached hydrogen (secondary N) is 1. The summed E-state index contributed by atoms with van der Waals surface area (Å²) in [4.78, 5) is 14.9. The first-order valence-corrected chi connectivity index (χ1v) is 10.4. The Labute approximate surface area is 174 Å². The molecule has 0 saturated carbocycles. The number of carbonyl (C=O) groups is 1. The summed E-state index contributed by atoms with van der Waals surface area (Å²) in [5.74, 6) is 1.30. The van der Waals surface area contributed by atoms with Crippen molar-refractivity contribution in [2.75, 3.05) is 29.9 Å². The van der Waals surface area contributed by atoms with Gasteiger partial charge in [0, 0.05) is 24.3 Å². The van der Waals surface area contributed by atoms with Gasteiger partial charge in [-0.1, -0.05) is 18.5 Å². The van der Waals surface area contributed by atoms with Crippen molar-refractivity contribution in [3.8, 4) is 5.75 Å². The highest BCUT2D eigenvalue weighted by molar-refractivity contribution is 9.10. The Morgan fingerprint density at radius 2 is 2.00 bits per heavy atom. The maximum Gasteiger partial charge on any atom is 0.255 e. The molecule has 1 fully saturated rings. The molecule has 0 aromatic heterocycles. The van der Waals surface area contributed by atoms with Gasteiger partial charge in [0.25, 0.3) is 5.91 Å². The van der Waals surface area contributed by atoms with Crippen molar-refractivity contribution >= 4 is 44.8 Å². The summed E-state index contributed by atoms with van der Waals surface area (Å²) < 4.78 is 6.24. The molecule has 4 nitrogen and oxygen atoms in total. The van der Waals surface area contributed by atoms with Gasteiger partial charge < -0.3 is 15.0 Å². The van der Waals surface area contributed by atoms with E-state index in [1.165, 1.54) is 12.8 Å². The van der Waals surface area contributed by atoms with Gasteiger partial charge in [0.15, 0.2) is 0 Å². The molecule has 0 aliphatic carbocycles. The zero-order valence-corrected chi connectivity index (χ0v) is 17.9. The molecule has 144 valence electrons. The minimum atomic E-state index is -0.186. The van der Waals surface area contributed by atoms with Gasteiger partial charge in [0.05, 0.1) is 21.8 Å². The summed E-state index contributed by atoms with van der Waals surface area (Å²) in [6.45, 7) is 6.83. The zero-order chi connectivity index (χ0) is 19.4. The highest BCUT2D eigenvalue weighted by Crippen LogP contribution is 2.32. The molecular weight excluding hydrogens is 428 g/mol. The van der Waals surface area contributed by atoms with E-state index < -0.39 is 0 Å². The molecule has 0 unspecified atom stereocenters. The predicted molar refractivity (Wildman–Crippen MR) is 115 cm³/mol. The van der Waals surface area contributed by atoms with Crippen LogP contribution in [0.5, 0.6) is 5.75 Å². The SMILES string of the molecule is CCOc1ccc(C(=O)Nc2ccc(N3CCC(C)CC3)c(Cl)c2)cc1Br. The summed E-state index contributed by atoms with van der Waals surface area (Å²) in [7, 11) is 0. The van der Waals surface area contributed by atoms with E-state index in [0.29, 0.717) is 22.9 Å². The normalized spacial score (nSPS) is 14.9. The van der Waals surface area contributed by atoms with Crippen LogP contribution >= 0.6 is 27.5 Å². The van der Waals surface area contributed by atoms with E-state index in [1.807, 2.05) is 25.1 Å². The van der Waals surface area contributed by atoms with E-state index in [0.717, 1.165) is 34.9 Å². The molecule has 1 amide bonds. The minimum Gasteiger partial charge on any atom is -0.493 e. The van der Waals surface area contributed by atoms with Crippen molar-refractivity contribution in [1.82, 2.24) is 0 Å². The van der Waals surface area contributed by atoms with Crippen molar-refractivity contribution in [3.05, 3.63) is 51.5 Å². The van der Waals surface area contributed by atoms with Crippen LogP contribution in [0.25, 0.3) is 0 Å². The van der Waals surface area contributed by atoms with Crippen molar-refractivity contribution in [1.29, 1.82) is 0 Å². The topological polar surface area (TPSA) is 41.6 Å². The fourth-order valence-corrected chi connectivity index (χ4v) is 4.00. The van der Waals surface area contributed by atoms with Crippen molar-refractivity contribution in [2.45, 2.75) is 26.7 Å². The quantitative estimate of drug-likeness (QED) is 0.607. The van der Waals surface area contributed by atoms with E-state index in [-0.39, 0.29) is 5.91 Å². The fraction of sp³-hybridized carbons (Fsp3) is 0.381. The smallest absolute Gasteiger partial charge is 0.255 e. The molecule has 1 heterocycles. The summed E-state index contributed by atoms with van der Waals surface area (Å²) in [5.41, 5.74) is 2.27. The number of anilines is 2. The molecule has 6 heteroatoms. The van der Waals surface area contributed by atoms with E-state index in [4.69, 9.17) is 16.3 Å². The Kier molecular flexibility index (Phi) is 6.66. The van der Waals surface area contributed by atoms with Crippen LogP contribution in [0.3, 0.4) is 0 Å². The van der Waals surface area contributed by atoms with Crippen LogP contribution < -0.4 is 15.0 Å². The van der Waals surface area contributed by atoms with Crippen LogP contribution in [-0.4, -0.2) is 25.6 Å². The lowest BCUT2D eigenvalue weighted by atomic mass is 9.99. The summed E-state index contributed by atoms with van der Waals surface area (Å²) in [6.07, 6.45) is 2.36. The average Bonchev–Trinajstić information content (AvgIpc) is 2.64. The molecule has 0 spiro atoms. The van der Waals surface area contributed by atoms with Gasteiger partial charge in [-0.05, 0) is 78.0 Å². The lowest BCUT2D eigenvalue weighted by Gasteiger charge is -2.32. The number of nitrogens with zero attached hydrogens (tertiary/aromatic N) is 1. The lowest BCUT2D eigenvalue weighted by molar-refractivity contribution is 0.102. The number of ether oxygens (including phenoxy) is 1. The molecule has 2 aromatic rings. The third-order valence-corrected chi connectivity index (χ3v) is 5.75. The van der Waals surface area contributed by atoms with Gasteiger partial charge in [-0.2, -0.15) is 0 Å². The standard InChI is InChI=1S/C21H24BrClN2O2/c1-3-27-20-7-4-15(12-17(20)22)21(26)24-16-5-6-19(18(23)13-16)25-10-8-14(2)9-11-25/h4-7,12-14H,3,8-11H2,1-2H3,(H,24,26). The fourth-order valence-electron chi connectivity index (χ4n) is 3.21. The van der Waals surface area contributed by atoms with Crippen molar-refractivity contribution in [2.24, 2.45) is 5.92 Å². The van der Waals surface area contributed by atoms with Crippen LogP contribution in [0.1, 0.15) is 37.0 Å². The van der Waals surface area contributed by atoms with Crippen molar-refractivity contribution < 1.29 is 9.53 Å². The molecule has 27 heavy (non-hydrogen) atoms. The summed E-state index contributed by atoms with van der Waals surface area (Å²) >= 11 is 9.93. The van der Waals surface area contributed by atoms with Gasteiger partial charge in [-0.15, -0.1) is 0 Å². The summed E-state index contributed by atoms with van der Waals surface area (Å²) in [5, 5.41) is 3.57. The second-order valence-electron chi connectivity index (χ2n) is 6.87. The average molecular weight is 452 g/mol. The summed E-state index contributed by atoms with van der Waals surface area (Å²) in [6, 6.07) is 11.0. The molecule has 0 bridgehead atoms. The molecule has 0 atom stereocenters. The number of hydrogen-bond acceptors (Lipinski definition) is 3. The van der Waals surface area contributed by atoms with Gasteiger partial charge in [0.1, 0.15) is 5.75 Å². The van der Waals surface area contributed by atoms with Crippen LogP contribution in [0.4, 0.5) is 11.4 Å². The molecule has 2 aromatic carbocycles. The first-order chi connectivity index (χ1) is 13.0. The largest absolute Gasteiger partial charge is 0.493 e.